The molecule has 1 heteroatoms. The van der Waals surface area contributed by atoms with E-state index in [9.17, 15) is 0 Å². The highest BCUT2D eigenvalue weighted by atomic mass is 14.4. The molecule has 0 aromatic heterocycles. The summed E-state index contributed by atoms with van der Waals surface area (Å²) in [5, 5.41) is 7.07. The van der Waals surface area contributed by atoms with Crippen molar-refractivity contribution in [3.05, 3.63) is 24.3 Å². The van der Waals surface area contributed by atoms with E-state index < -0.39 is 0 Å². The van der Waals surface area contributed by atoms with Crippen molar-refractivity contribution in [3.63, 3.8) is 0 Å². The Morgan fingerprint density at radius 3 is 2.12 bits per heavy atom. The maximum Gasteiger partial charge on any atom is 0.0533 e. The van der Waals surface area contributed by atoms with Gasteiger partial charge >= 0.3 is 0 Å². The first-order valence-corrected chi connectivity index (χ1v) is 2.52. The van der Waals surface area contributed by atoms with Gasteiger partial charge in [-0.15, -0.1) is 0 Å². The minimum absolute atomic E-state index is 0.477. The van der Waals surface area contributed by atoms with Gasteiger partial charge < -0.3 is 5.41 Å². The predicted octanol–water partition coefficient (Wildman–Crippen LogP) is 2.16. The molecule has 0 rings (SSSR count). The van der Waals surface area contributed by atoms with Gasteiger partial charge in [-0.1, -0.05) is 12.2 Å². The van der Waals surface area contributed by atoms with Crippen LogP contribution in [-0.4, -0.2) is 5.71 Å². The molecule has 0 saturated carbocycles. The molecule has 0 spiro atoms. The Morgan fingerprint density at radius 1 is 1.50 bits per heavy atom. The molecular weight excluding hydrogens is 98.1 g/mol. The summed E-state index contributed by atoms with van der Waals surface area (Å²) < 4.78 is 0. The van der Waals surface area contributed by atoms with Crippen LogP contribution in [0.3, 0.4) is 0 Å². The molecule has 0 bridgehead atoms. The second-order valence-corrected chi connectivity index (χ2v) is 1.88. The minimum Gasteiger partial charge on any atom is -0.301 e. The third-order valence-electron chi connectivity index (χ3n) is 0.664. The topological polar surface area (TPSA) is 23.9 Å². The summed E-state index contributed by atoms with van der Waals surface area (Å²) in [6.07, 6.45) is 3.29. The largest absolute Gasteiger partial charge is 0.301 e. The number of allylic oxidation sites excluding steroid dienone is 3. The molecule has 8 heavy (non-hydrogen) atoms. The maximum atomic E-state index is 7.07. The Hall–Kier alpha value is -0.850. The summed E-state index contributed by atoms with van der Waals surface area (Å²) in [6, 6.07) is 0. The van der Waals surface area contributed by atoms with Crippen molar-refractivity contribution in [2.75, 3.05) is 0 Å². The highest BCUT2D eigenvalue weighted by Crippen LogP contribution is 1.88. The van der Waals surface area contributed by atoms with Crippen LogP contribution in [0.1, 0.15) is 13.8 Å². The summed E-state index contributed by atoms with van der Waals surface area (Å²) in [7, 11) is 0. The lowest BCUT2D eigenvalue weighted by molar-refractivity contribution is 1.39. The van der Waals surface area contributed by atoms with Crippen LogP contribution in [0.4, 0.5) is 0 Å². The monoisotopic (exact) mass is 109 g/mol. The molecular formula is C7H11N. The molecule has 0 unspecified atom stereocenters. The first-order chi connectivity index (χ1) is 3.66. The summed E-state index contributed by atoms with van der Waals surface area (Å²) in [4.78, 5) is 0. The van der Waals surface area contributed by atoms with Crippen LogP contribution in [0.15, 0.2) is 24.3 Å². The molecule has 0 aliphatic rings. The van der Waals surface area contributed by atoms with Gasteiger partial charge in [0.05, 0.1) is 5.71 Å². The first kappa shape index (κ1) is 7.15. The quantitative estimate of drug-likeness (QED) is 0.525. The highest BCUT2D eigenvalue weighted by Gasteiger charge is 1.79. The van der Waals surface area contributed by atoms with Crippen LogP contribution < -0.4 is 0 Å². The molecule has 0 fully saturated rings. The van der Waals surface area contributed by atoms with Gasteiger partial charge in [-0.3, -0.25) is 0 Å². The summed E-state index contributed by atoms with van der Waals surface area (Å²) in [6.45, 7) is 7.36. The van der Waals surface area contributed by atoms with Crippen molar-refractivity contribution < 1.29 is 0 Å². The van der Waals surface area contributed by atoms with Gasteiger partial charge in [0, 0.05) is 0 Å². The van der Waals surface area contributed by atoms with E-state index in [0.717, 1.165) is 5.57 Å². The number of hydrogen-bond donors (Lipinski definition) is 1. The van der Waals surface area contributed by atoms with Crippen LogP contribution >= 0.6 is 0 Å². The Labute approximate surface area is 50.2 Å². The van der Waals surface area contributed by atoms with E-state index in [-0.39, 0.29) is 0 Å². The van der Waals surface area contributed by atoms with E-state index in [2.05, 4.69) is 6.58 Å². The molecule has 0 aromatic carbocycles. The van der Waals surface area contributed by atoms with Crippen LogP contribution in [0.5, 0.6) is 0 Å². The van der Waals surface area contributed by atoms with Gasteiger partial charge in [0.2, 0.25) is 0 Å². The van der Waals surface area contributed by atoms with Gasteiger partial charge in [-0.25, -0.2) is 0 Å². The Kier molecular flexibility index (Phi) is 2.85. The number of nitrogens with one attached hydrogen (secondary N) is 1. The second-order valence-electron chi connectivity index (χ2n) is 1.88. The highest BCUT2D eigenvalue weighted by molar-refractivity contribution is 6.01. The SMILES string of the molecule is C=CC(=N)C=C(C)C. The summed E-state index contributed by atoms with van der Waals surface area (Å²) in [5.74, 6) is 0. The summed E-state index contributed by atoms with van der Waals surface area (Å²) >= 11 is 0. The average Bonchev–Trinajstić information content (AvgIpc) is 1.65. The Bertz CT molecular complexity index is 127. The molecule has 0 aliphatic carbocycles. The second kappa shape index (κ2) is 3.19. The van der Waals surface area contributed by atoms with E-state index in [1.165, 1.54) is 6.08 Å². The van der Waals surface area contributed by atoms with Crippen LogP contribution in [0.25, 0.3) is 0 Å². The molecule has 1 N–H and O–H groups in total. The fourth-order valence-corrected chi connectivity index (χ4v) is 0.370. The van der Waals surface area contributed by atoms with E-state index in [1.54, 1.807) is 6.08 Å². The first-order valence-electron chi connectivity index (χ1n) is 2.52. The zero-order chi connectivity index (χ0) is 6.57. The third kappa shape index (κ3) is 3.34. The maximum absolute atomic E-state index is 7.07. The zero-order valence-corrected chi connectivity index (χ0v) is 5.36. The van der Waals surface area contributed by atoms with Gasteiger partial charge in [0.25, 0.3) is 0 Å². The van der Waals surface area contributed by atoms with Gasteiger partial charge in [0.1, 0.15) is 0 Å². The predicted molar refractivity (Wildman–Crippen MR) is 37.4 cm³/mol. The molecule has 0 aromatic rings. The van der Waals surface area contributed by atoms with Crippen molar-refractivity contribution in [2.24, 2.45) is 0 Å². The number of hydrogen-bond acceptors (Lipinski definition) is 1. The normalized spacial score (nSPS) is 7.75. The van der Waals surface area contributed by atoms with E-state index in [0.29, 0.717) is 5.71 Å². The fourth-order valence-electron chi connectivity index (χ4n) is 0.370. The van der Waals surface area contributed by atoms with E-state index in [1.807, 2.05) is 13.8 Å². The molecule has 0 radical (unpaired) electrons. The van der Waals surface area contributed by atoms with Crippen LogP contribution in [0.2, 0.25) is 0 Å². The van der Waals surface area contributed by atoms with E-state index >= 15 is 0 Å². The van der Waals surface area contributed by atoms with Crippen molar-refractivity contribution in [3.8, 4) is 0 Å². The van der Waals surface area contributed by atoms with Gasteiger partial charge in [-0.05, 0) is 26.0 Å². The molecule has 0 atom stereocenters. The number of rotatable bonds is 2. The standard InChI is InChI=1S/C7H11N/c1-4-7(8)5-6(2)3/h4-5,8H,1H2,2-3H3. The fraction of sp³-hybridized carbons (Fsp3) is 0.286. The Morgan fingerprint density at radius 2 is 2.00 bits per heavy atom. The molecule has 0 heterocycles. The molecule has 0 saturated heterocycles. The van der Waals surface area contributed by atoms with Crippen molar-refractivity contribution in [1.29, 1.82) is 5.41 Å². The summed E-state index contributed by atoms with van der Waals surface area (Å²) in [5.41, 5.74) is 1.61. The lowest BCUT2D eigenvalue weighted by atomic mass is 10.2. The van der Waals surface area contributed by atoms with Crippen LogP contribution in [-0.2, 0) is 0 Å². The third-order valence-corrected chi connectivity index (χ3v) is 0.664. The van der Waals surface area contributed by atoms with Crippen molar-refractivity contribution >= 4 is 5.71 Å². The molecule has 0 amide bonds. The average molecular weight is 109 g/mol. The molecule has 44 valence electrons. The van der Waals surface area contributed by atoms with Crippen molar-refractivity contribution in [2.45, 2.75) is 13.8 Å². The van der Waals surface area contributed by atoms with Gasteiger partial charge in [0.15, 0.2) is 0 Å². The molecule has 1 nitrogen and oxygen atoms in total. The molecule has 0 aliphatic heterocycles. The lowest BCUT2D eigenvalue weighted by Gasteiger charge is -1.85. The minimum atomic E-state index is 0.477. The zero-order valence-electron chi connectivity index (χ0n) is 5.36. The Balaban J connectivity index is 3.89. The van der Waals surface area contributed by atoms with Crippen LogP contribution in [0, 0.1) is 5.41 Å². The lowest BCUT2D eigenvalue weighted by Crippen LogP contribution is -1.81. The van der Waals surface area contributed by atoms with Gasteiger partial charge in [-0.2, -0.15) is 0 Å². The van der Waals surface area contributed by atoms with Crippen molar-refractivity contribution in [1.82, 2.24) is 0 Å². The van der Waals surface area contributed by atoms with E-state index in [4.69, 9.17) is 5.41 Å². The smallest absolute Gasteiger partial charge is 0.0533 e.